The molecule has 14 heavy (non-hydrogen) atoms. The molecule has 5 heteroatoms. The topological polar surface area (TPSA) is 59.1 Å². The number of nitrogens with zero attached hydrogens (tertiary/aromatic N) is 1. The van der Waals surface area contributed by atoms with Crippen molar-refractivity contribution >= 4 is 27.7 Å². The largest absolute Gasteiger partial charge is 0.395 e. The molecule has 1 unspecified atom stereocenters. The van der Waals surface area contributed by atoms with E-state index >= 15 is 0 Å². The highest BCUT2D eigenvalue weighted by atomic mass is 79.9. The van der Waals surface area contributed by atoms with Gasteiger partial charge in [-0.3, -0.25) is 0 Å². The van der Waals surface area contributed by atoms with Gasteiger partial charge in [0.2, 0.25) is 0 Å². The quantitative estimate of drug-likeness (QED) is 0.803. The maximum atomic E-state index is 8.71. The van der Waals surface area contributed by atoms with Crippen LogP contribution in [0.2, 0.25) is 0 Å². The molecule has 0 fully saturated rings. The standard InChI is InChI=1S/C9H13BrN2OS/c10-7-1-2-9(12-5-7)14-4-3-8(11)6-13/h1-2,5,8,13H,3-4,6,11H2. The number of thioether (sulfide) groups is 1. The molecule has 0 aromatic carbocycles. The Morgan fingerprint density at radius 3 is 2.93 bits per heavy atom. The van der Waals surface area contributed by atoms with Gasteiger partial charge in [0.1, 0.15) is 0 Å². The minimum atomic E-state index is -0.113. The van der Waals surface area contributed by atoms with Crippen LogP contribution in [-0.2, 0) is 0 Å². The molecule has 78 valence electrons. The van der Waals surface area contributed by atoms with E-state index in [1.807, 2.05) is 12.1 Å². The van der Waals surface area contributed by atoms with Crippen LogP contribution < -0.4 is 5.73 Å². The second-order valence-electron chi connectivity index (χ2n) is 2.89. The smallest absolute Gasteiger partial charge is 0.0960 e. The normalized spacial score (nSPS) is 12.8. The van der Waals surface area contributed by atoms with Gasteiger partial charge >= 0.3 is 0 Å². The maximum absolute atomic E-state index is 8.71. The van der Waals surface area contributed by atoms with Crippen molar-refractivity contribution in [2.75, 3.05) is 12.4 Å². The number of nitrogens with two attached hydrogens (primary N) is 1. The zero-order chi connectivity index (χ0) is 10.4. The highest BCUT2D eigenvalue weighted by molar-refractivity contribution is 9.10. The van der Waals surface area contributed by atoms with E-state index in [1.54, 1.807) is 18.0 Å². The van der Waals surface area contributed by atoms with Gasteiger partial charge < -0.3 is 10.8 Å². The molecule has 0 spiro atoms. The van der Waals surface area contributed by atoms with E-state index in [0.717, 1.165) is 21.7 Å². The van der Waals surface area contributed by atoms with E-state index < -0.39 is 0 Å². The van der Waals surface area contributed by atoms with Gasteiger partial charge in [-0.2, -0.15) is 0 Å². The molecule has 0 saturated carbocycles. The molecule has 1 aromatic rings. The second-order valence-corrected chi connectivity index (χ2v) is 4.93. The summed E-state index contributed by atoms with van der Waals surface area (Å²) in [6.45, 7) is 0.0499. The molecule has 1 aromatic heterocycles. The summed E-state index contributed by atoms with van der Waals surface area (Å²) in [6, 6.07) is 3.80. The van der Waals surface area contributed by atoms with Crippen LogP contribution >= 0.6 is 27.7 Å². The predicted octanol–water partition coefficient (Wildman–Crippen LogP) is 1.65. The van der Waals surface area contributed by atoms with Crippen molar-refractivity contribution in [1.82, 2.24) is 4.98 Å². The molecular formula is C9H13BrN2OS. The lowest BCUT2D eigenvalue weighted by Crippen LogP contribution is -2.24. The number of aromatic nitrogens is 1. The van der Waals surface area contributed by atoms with Crippen molar-refractivity contribution in [3.05, 3.63) is 22.8 Å². The fraction of sp³-hybridized carbons (Fsp3) is 0.444. The molecule has 0 bridgehead atoms. The lowest BCUT2D eigenvalue weighted by molar-refractivity contribution is 0.264. The molecule has 1 atom stereocenters. The van der Waals surface area contributed by atoms with Crippen molar-refractivity contribution in [3.63, 3.8) is 0 Å². The fourth-order valence-corrected chi connectivity index (χ4v) is 2.01. The van der Waals surface area contributed by atoms with Crippen LogP contribution in [0.3, 0.4) is 0 Å². The number of hydrogen-bond acceptors (Lipinski definition) is 4. The first kappa shape index (κ1) is 12.0. The van der Waals surface area contributed by atoms with Crippen molar-refractivity contribution < 1.29 is 5.11 Å². The van der Waals surface area contributed by atoms with E-state index in [2.05, 4.69) is 20.9 Å². The van der Waals surface area contributed by atoms with Crippen LogP contribution in [0, 0.1) is 0 Å². The Hall–Kier alpha value is -0.100. The van der Waals surface area contributed by atoms with E-state index in [1.165, 1.54) is 0 Å². The van der Waals surface area contributed by atoms with Gasteiger partial charge in [-0.05, 0) is 34.5 Å². The highest BCUT2D eigenvalue weighted by Gasteiger charge is 2.01. The predicted molar refractivity (Wildman–Crippen MR) is 62.3 cm³/mol. The summed E-state index contributed by atoms with van der Waals surface area (Å²) in [4.78, 5) is 4.21. The Labute approximate surface area is 96.2 Å². The van der Waals surface area contributed by atoms with E-state index in [9.17, 15) is 0 Å². The third-order valence-electron chi connectivity index (χ3n) is 1.67. The Kier molecular flexibility index (Phi) is 5.47. The molecule has 0 aliphatic carbocycles. The number of hydrogen-bond donors (Lipinski definition) is 2. The summed E-state index contributed by atoms with van der Waals surface area (Å²) >= 11 is 4.97. The van der Waals surface area contributed by atoms with Crippen LogP contribution in [-0.4, -0.2) is 28.5 Å². The summed E-state index contributed by atoms with van der Waals surface area (Å²) in [7, 11) is 0. The number of halogens is 1. The van der Waals surface area contributed by atoms with Crippen LogP contribution in [0.5, 0.6) is 0 Å². The summed E-state index contributed by atoms with van der Waals surface area (Å²) < 4.78 is 0.980. The molecular weight excluding hydrogens is 264 g/mol. The Morgan fingerprint density at radius 1 is 1.57 bits per heavy atom. The second kappa shape index (κ2) is 6.40. The number of aliphatic hydroxyl groups is 1. The van der Waals surface area contributed by atoms with Gasteiger partial charge in [-0.25, -0.2) is 4.98 Å². The minimum absolute atomic E-state index is 0.0499. The molecule has 3 N–H and O–H groups in total. The first-order valence-corrected chi connectivity index (χ1v) is 6.11. The SMILES string of the molecule is NC(CO)CCSc1ccc(Br)cn1. The minimum Gasteiger partial charge on any atom is -0.395 e. The zero-order valence-corrected chi connectivity index (χ0v) is 10.1. The summed E-state index contributed by atoms with van der Waals surface area (Å²) in [5.74, 6) is 0.885. The van der Waals surface area contributed by atoms with Crippen LogP contribution in [0.25, 0.3) is 0 Å². The van der Waals surface area contributed by atoms with Gasteiger partial charge in [0.15, 0.2) is 0 Å². The van der Waals surface area contributed by atoms with Gasteiger partial charge in [-0.15, -0.1) is 11.8 Å². The van der Waals surface area contributed by atoms with Crippen molar-refractivity contribution in [3.8, 4) is 0 Å². The number of rotatable bonds is 5. The fourth-order valence-electron chi connectivity index (χ4n) is 0.854. The van der Waals surface area contributed by atoms with Gasteiger partial charge in [0.05, 0.1) is 11.6 Å². The van der Waals surface area contributed by atoms with Crippen LogP contribution in [0.1, 0.15) is 6.42 Å². The Bertz CT molecular complexity index is 268. The number of aliphatic hydroxyl groups excluding tert-OH is 1. The summed E-state index contributed by atoms with van der Waals surface area (Å²) in [5.41, 5.74) is 5.57. The lowest BCUT2D eigenvalue weighted by atomic mass is 10.3. The molecule has 0 aliphatic rings. The van der Waals surface area contributed by atoms with Crippen molar-refractivity contribution in [2.24, 2.45) is 5.73 Å². The third-order valence-corrected chi connectivity index (χ3v) is 3.12. The molecule has 1 rings (SSSR count). The summed E-state index contributed by atoms with van der Waals surface area (Å²) in [6.07, 6.45) is 2.58. The molecule has 1 heterocycles. The molecule has 0 aliphatic heterocycles. The monoisotopic (exact) mass is 276 g/mol. The Balaban J connectivity index is 2.28. The van der Waals surface area contributed by atoms with Crippen molar-refractivity contribution in [2.45, 2.75) is 17.5 Å². The van der Waals surface area contributed by atoms with Crippen LogP contribution in [0.4, 0.5) is 0 Å². The first-order valence-electron chi connectivity index (χ1n) is 4.33. The average Bonchev–Trinajstić information content (AvgIpc) is 2.21. The molecule has 0 amide bonds. The molecule has 3 nitrogen and oxygen atoms in total. The van der Waals surface area contributed by atoms with Gasteiger partial charge in [0.25, 0.3) is 0 Å². The zero-order valence-electron chi connectivity index (χ0n) is 7.69. The first-order chi connectivity index (χ1) is 6.72. The maximum Gasteiger partial charge on any atom is 0.0960 e. The van der Waals surface area contributed by atoms with E-state index in [-0.39, 0.29) is 12.6 Å². The van der Waals surface area contributed by atoms with Gasteiger partial charge in [-0.1, -0.05) is 0 Å². The average molecular weight is 277 g/mol. The molecule has 0 saturated heterocycles. The van der Waals surface area contributed by atoms with E-state index in [0.29, 0.717) is 0 Å². The van der Waals surface area contributed by atoms with Gasteiger partial charge in [0, 0.05) is 22.5 Å². The van der Waals surface area contributed by atoms with E-state index in [4.69, 9.17) is 10.8 Å². The van der Waals surface area contributed by atoms with Crippen molar-refractivity contribution in [1.29, 1.82) is 0 Å². The molecule has 0 radical (unpaired) electrons. The summed E-state index contributed by atoms with van der Waals surface area (Å²) in [5, 5.41) is 9.70. The number of pyridine rings is 1. The lowest BCUT2D eigenvalue weighted by Gasteiger charge is -2.06. The Morgan fingerprint density at radius 2 is 2.36 bits per heavy atom. The third kappa shape index (κ3) is 4.41. The van der Waals surface area contributed by atoms with Crippen LogP contribution in [0.15, 0.2) is 27.8 Å². The highest BCUT2D eigenvalue weighted by Crippen LogP contribution is 2.18.